The lowest BCUT2D eigenvalue weighted by Gasteiger charge is -2.34. The highest BCUT2D eigenvalue weighted by Gasteiger charge is 2.51. The van der Waals surface area contributed by atoms with Crippen molar-refractivity contribution in [2.75, 3.05) is 0 Å². The molecule has 0 aromatic heterocycles. The van der Waals surface area contributed by atoms with Crippen molar-refractivity contribution < 1.29 is 23.2 Å². The Balaban J connectivity index is 2.63. The molecule has 0 heterocycles. The Kier molecular flexibility index (Phi) is 5.98. The summed E-state index contributed by atoms with van der Waals surface area (Å²) in [4.78, 5) is 0. The van der Waals surface area contributed by atoms with Crippen LogP contribution in [0.15, 0.2) is 54.6 Å². The van der Waals surface area contributed by atoms with E-state index in [-0.39, 0.29) is 42.5 Å². The highest BCUT2D eigenvalue weighted by atomic mass is 35.5. The minimum Gasteiger partial charge on any atom is -0.508 e. The largest absolute Gasteiger partial charge is 0.508 e. The molecule has 152 valence electrons. The number of benzene rings is 3. The molecule has 1 atom stereocenters. The molecule has 5 nitrogen and oxygen atoms in total. The molecule has 0 amide bonds. The summed E-state index contributed by atoms with van der Waals surface area (Å²) >= 11 is 24.5. The van der Waals surface area contributed by atoms with Crippen molar-refractivity contribution in [1.82, 2.24) is 0 Å². The number of hydrogen-bond acceptors (Lipinski definition) is 4. The maximum Gasteiger partial charge on any atom is 0.283 e. The number of aromatic hydroxyl groups is 2. The molecule has 1 unspecified atom stereocenters. The predicted octanol–water partition coefficient (Wildman–Crippen LogP) is 5.89. The van der Waals surface area contributed by atoms with Gasteiger partial charge in [0.1, 0.15) is 11.5 Å². The van der Waals surface area contributed by atoms with Crippen LogP contribution in [0.5, 0.6) is 11.5 Å². The normalized spacial score (nSPS) is 13.8. The first kappa shape index (κ1) is 22.0. The molecule has 0 radical (unpaired) electrons. The summed E-state index contributed by atoms with van der Waals surface area (Å²) in [5, 5.41) is 20.1. The summed E-state index contributed by atoms with van der Waals surface area (Å²) < 4.78 is 34.0. The highest BCUT2D eigenvalue weighted by molar-refractivity contribution is 7.87. The van der Waals surface area contributed by atoms with E-state index in [1.165, 1.54) is 42.5 Å². The van der Waals surface area contributed by atoms with Crippen LogP contribution in [0.2, 0.25) is 20.1 Å². The van der Waals surface area contributed by atoms with E-state index in [4.69, 9.17) is 46.4 Å². The van der Waals surface area contributed by atoms with E-state index in [1.54, 1.807) is 0 Å². The first-order valence-corrected chi connectivity index (χ1v) is 10.8. The lowest BCUT2D eigenvalue weighted by molar-refractivity contribution is 0.440. The molecular weight excluding hydrogens is 482 g/mol. The average Bonchev–Trinajstić information content (AvgIpc) is 2.60. The second-order valence-corrected chi connectivity index (χ2v) is 9.36. The van der Waals surface area contributed by atoms with Gasteiger partial charge >= 0.3 is 0 Å². The van der Waals surface area contributed by atoms with Gasteiger partial charge in [-0.2, -0.15) is 8.42 Å². The molecule has 3 N–H and O–H groups in total. The van der Waals surface area contributed by atoms with Crippen molar-refractivity contribution in [3.8, 4) is 11.5 Å². The third-order valence-corrected chi connectivity index (χ3v) is 6.86. The second-order valence-electron chi connectivity index (χ2n) is 6.11. The van der Waals surface area contributed by atoms with Gasteiger partial charge in [-0.3, -0.25) is 4.55 Å². The maximum atomic E-state index is 13.0. The van der Waals surface area contributed by atoms with Crippen molar-refractivity contribution in [3.05, 3.63) is 91.4 Å². The van der Waals surface area contributed by atoms with Crippen LogP contribution in [-0.2, 0) is 14.9 Å². The van der Waals surface area contributed by atoms with E-state index in [2.05, 4.69) is 0 Å². The smallest absolute Gasteiger partial charge is 0.283 e. The first-order chi connectivity index (χ1) is 13.5. The van der Waals surface area contributed by atoms with Gasteiger partial charge < -0.3 is 10.2 Å². The molecule has 0 aliphatic heterocycles. The zero-order valence-electron chi connectivity index (χ0n) is 14.3. The van der Waals surface area contributed by atoms with Crippen molar-refractivity contribution >= 4 is 56.5 Å². The lowest BCUT2D eigenvalue weighted by atomic mass is 9.83. The molecule has 3 aromatic rings. The highest BCUT2D eigenvalue weighted by Crippen LogP contribution is 2.51. The molecule has 0 fully saturated rings. The van der Waals surface area contributed by atoms with Gasteiger partial charge in [-0.15, -0.1) is 0 Å². The molecule has 0 saturated heterocycles. The van der Waals surface area contributed by atoms with E-state index < -0.39 is 20.6 Å². The standard InChI is InChI=1S/C19H12Cl4O5S/c20-11-3-1-2-10(6-11)19(29(26,27)28,14-5-4-13(24)9-16(14)22)15-7-12(21)8-17(23)18(15)25/h1-9,24-25H,(H,26,27,28). The third-order valence-electron chi connectivity index (χ3n) is 4.36. The molecule has 0 spiro atoms. The molecule has 3 aromatic carbocycles. The Bertz CT molecular complexity index is 1210. The van der Waals surface area contributed by atoms with Crippen molar-refractivity contribution in [2.45, 2.75) is 4.75 Å². The summed E-state index contributed by atoms with van der Waals surface area (Å²) in [6.07, 6.45) is 0. The Morgan fingerprint density at radius 1 is 0.759 bits per heavy atom. The Labute approximate surface area is 186 Å². The molecule has 0 aliphatic carbocycles. The van der Waals surface area contributed by atoms with Crippen molar-refractivity contribution in [1.29, 1.82) is 0 Å². The Hall–Kier alpha value is -1.67. The van der Waals surface area contributed by atoms with E-state index in [0.717, 1.165) is 12.1 Å². The van der Waals surface area contributed by atoms with E-state index in [1.807, 2.05) is 0 Å². The summed E-state index contributed by atoms with van der Waals surface area (Å²) in [5.74, 6) is -0.861. The lowest BCUT2D eigenvalue weighted by Crippen LogP contribution is -2.38. The average molecular weight is 494 g/mol. The fourth-order valence-corrected chi connectivity index (χ4v) is 5.58. The van der Waals surface area contributed by atoms with Gasteiger partial charge in [0.05, 0.1) is 5.02 Å². The molecular formula is C19H12Cl4O5S. The molecule has 0 bridgehead atoms. The Morgan fingerprint density at radius 3 is 2.03 bits per heavy atom. The van der Waals surface area contributed by atoms with Gasteiger partial charge in [0, 0.05) is 26.2 Å². The van der Waals surface area contributed by atoms with Crippen LogP contribution in [0.1, 0.15) is 16.7 Å². The monoisotopic (exact) mass is 492 g/mol. The number of phenols is 2. The topological polar surface area (TPSA) is 94.8 Å². The fraction of sp³-hybridized carbons (Fsp3) is 0.0526. The molecule has 29 heavy (non-hydrogen) atoms. The third kappa shape index (κ3) is 3.77. The van der Waals surface area contributed by atoms with Gasteiger partial charge in [-0.05, 0) is 42.0 Å². The first-order valence-electron chi connectivity index (χ1n) is 7.89. The van der Waals surface area contributed by atoms with Crippen LogP contribution >= 0.6 is 46.4 Å². The van der Waals surface area contributed by atoms with Crippen LogP contribution in [-0.4, -0.2) is 23.2 Å². The van der Waals surface area contributed by atoms with Crippen LogP contribution < -0.4 is 0 Å². The van der Waals surface area contributed by atoms with E-state index >= 15 is 0 Å². The molecule has 0 saturated carbocycles. The van der Waals surface area contributed by atoms with E-state index in [9.17, 15) is 23.2 Å². The van der Waals surface area contributed by atoms with Crippen molar-refractivity contribution in [3.63, 3.8) is 0 Å². The summed E-state index contributed by atoms with van der Waals surface area (Å²) in [7, 11) is -5.10. The van der Waals surface area contributed by atoms with E-state index in [0.29, 0.717) is 0 Å². The van der Waals surface area contributed by atoms with Crippen LogP contribution in [0.3, 0.4) is 0 Å². The number of hydrogen-bond donors (Lipinski definition) is 3. The van der Waals surface area contributed by atoms with Gasteiger partial charge in [0.15, 0.2) is 4.75 Å². The van der Waals surface area contributed by atoms with Crippen molar-refractivity contribution in [2.24, 2.45) is 0 Å². The SMILES string of the molecule is O=S(=O)(O)C(c1cccc(Cl)c1)(c1ccc(O)cc1Cl)c1cc(Cl)cc(Cl)c1O. The van der Waals surface area contributed by atoms with Gasteiger partial charge in [-0.1, -0.05) is 64.6 Å². The second kappa shape index (κ2) is 7.87. The van der Waals surface area contributed by atoms with Gasteiger partial charge in [-0.25, -0.2) is 0 Å². The molecule has 0 aliphatic rings. The van der Waals surface area contributed by atoms with Gasteiger partial charge in [0.2, 0.25) is 0 Å². The Morgan fingerprint density at radius 2 is 1.45 bits per heavy atom. The number of phenolic OH excluding ortho intramolecular Hbond substituents is 2. The fourth-order valence-electron chi connectivity index (χ4n) is 3.21. The van der Waals surface area contributed by atoms with Crippen LogP contribution in [0.25, 0.3) is 0 Å². The minimum atomic E-state index is -5.10. The van der Waals surface area contributed by atoms with Crippen LogP contribution in [0, 0.1) is 0 Å². The quantitative estimate of drug-likeness (QED) is 0.311. The number of rotatable bonds is 4. The zero-order valence-corrected chi connectivity index (χ0v) is 18.1. The number of halogens is 4. The van der Waals surface area contributed by atoms with Crippen LogP contribution in [0.4, 0.5) is 0 Å². The minimum absolute atomic E-state index is 0.00718. The van der Waals surface area contributed by atoms with Gasteiger partial charge in [0.25, 0.3) is 10.1 Å². The molecule has 10 heteroatoms. The maximum absolute atomic E-state index is 13.0. The summed E-state index contributed by atoms with van der Waals surface area (Å²) in [6, 6.07) is 11.5. The predicted molar refractivity (Wildman–Crippen MR) is 114 cm³/mol. The summed E-state index contributed by atoms with van der Waals surface area (Å²) in [6.45, 7) is 0. The zero-order chi connectivity index (χ0) is 21.6. The summed E-state index contributed by atoms with van der Waals surface area (Å²) in [5.41, 5.74) is -0.531. The molecule has 3 rings (SSSR count).